The Morgan fingerprint density at radius 3 is 2.41 bits per heavy atom. The van der Waals surface area contributed by atoms with Gasteiger partial charge < -0.3 is 20.1 Å². The van der Waals surface area contributed by atoms with E-state index >= 15 is 0 Å². The summed E-state index contributed by atoms with van der Waals surface area (Å²) in [7, 11) is 1.71. The fraction of sp³-hybridized carbons (Fsp3) is 0.520. The average Bonchev–Trinajstić information content (AvgIpc) is 2.79. The molecule has 2 aliphatic rings. The first kappa shape index (κ1) is 20.4. The molecule has 0 aromatic heterocycles. The molecule has 0 bridgehead atoms. The Labute approximate surface area is 174 Å². The van der Waals surface area contributed by atoms with Gasteiger partial charge in [-0.15, -0.1) is 0 Å². The van der Waals surface area contributed by atoms with Crippen molar-refractivity contribution in [2.24, 2.45) is 0 Å². The number of hydrogen-bond acceptors (Lipinski definition) is 4. The maximum absolute atomic E-state index is 11.7. The van der Waals surface area contributed by atoms with Crippen LogP contribution in [0.15, 0.2) is 48.5 Å². The lowest BCUT2D eigenvalue weighted by molar-refractivity contribution is -0.0316. The van der Waals surface area contributed by atoms with Gasteiger partial charge in [-0.05, 0) is 41.7 Å². The van der Waals surface area contributed by atoms with Crippen LogP contribution >= 0.6 is 0 Å². The SMILES string of the molecule is COc1cccc(-c2cccc(C(CN3CCNCC3)C3(O)CCCCC3)c2)c1. The van der Waals surface area contributed by atoms with Gasteiger partial charge in [0.05, 0.1) is 12.7 Å². The molecule has 1 aliphatic heterocycles. The zero-order valence-corrected chi connectivity index (χ0v) is 17.6. The molecule has 2 aromatic carbocycles. The van der Waals surface area contributed by atoms with E-state index < -0.39 is 5.60 Å². The monoisotopic (exact) mass is 394 g/mol. The predicted octanol–water partition coefficient (Wildman–Crippen LogP) is 4.05. The van der Waals surface area contributed by atoms with Crippen LogP contribution in [0.25, 0.3) is 11.1 Å². The summed E-state index contributed by atoms with van der Waals surface area (Å²) in [5, 5.41) is 15.1. The zero-order chi connectivity index (χ0) is 20.1. The summed E-state index contributed by atoms with van der Waals surface area (Å²) >= 11 is 0. The Bertz CT molecular complexity index is 795. The fourth-order valence-corrected chi connectivity index (χ4v) is 4.99. The third kappa shape index (κ3) is 4.82. The Morgan fingerprint density at radius 1 is 1.00 bits per heavy atom. The highest BCUT2D eigenvalue weighted by Crippen LogP contribution is 2.41. The summed E-state index contributed by atoms with van der Waals surface area (Å²) in [6.07, 6.45) is 5.32. The highest BCUT2D eigenvalue weighted by Gasteiger charge is 2.39. The summed E-state index contributed by atoms with van der Waals surface area (Å²) < 4.78 is 5.41. The maximum Gasteiger partial charge on any atom is 0.119 e. The van der Waals surface area contributed by atoms with Gasteiger partial charge in [0.25, 0.3) is 0 Å². The molecule has 4 nitrogen and oxygen atoms in total. The number of nitrogens with zero attached hydrogens (tertiary/aromatic N) is 1. The van der Waals surface area contributed by atoms with Gasteiger partial charge in [-0.1, -0.05) is 55.7 Å². The number of rotatable bonds is 6. The van der Waals surface area contributed by atoms with Gasteiger partial charge in [0, 0.05) is 38.6 Å². The van der Waals surface area contributed by atoms with Gasteiger partial charge in [0.2, 0.25) is 0 Å². The van der Waals surface area contributed by atoms with E-state index in [9.17, 15) is 5.11 Å². The molecule has 0 radical (unpaired) electrons. The highest BCUT2D eigenvalue weighted by molar-refractivity contribution is 5.66. The van der Waals surface area contributed by atoms with Crippen molar-refractivity contribution in [2.45, 2.75) is 43.6 Å². The van der Waals surface area contributed by atoms with E-state index in [1.165, 1.54) is 17.5 Å². The molecule has 1 saturated heterocycles. The van der Waals surface area contributed by atoms with Crippen LogP contribution < -0.4 is 10.1 Å². The van der Waals surface area contributed by atoms with Gasteiger partial charge >= 0.3 is 0 Å². The van der Waals surface area contributed by atoms with Crippen LogP contribution in [0.1, 0.15) is 43.6 Å². The number of ether oxygens (including phenoxy) is 1. The molecule has 1 saturated carbocycles. The average molecular weight is 395 g/mol. The molecule has 1 aliphatic carbocycles. The molecule has 1 heterocycles. The van der Waals surface area contributed by atoms with Crippen molar-refractivity contribution in [3.05, 3.63) is 54.1 Å². The summed E-state index contributed by atoms with van der Waals surface area (Å²) in [4.78, 5) is 2.52. The van der Waals surface area contributed by atoms with E-state index in [1.807, 2.05) is 12.1 Å². The van der Waals surface area contributed by atoms with Crippen molar-refractivity contribution in [1.29, 1.82) is 0 Å². The summed E-state index contributed by atoms with van der Waals surface area (Å²) in [5.74, 6) is 1.02. The molecule has 4 rings (SSSR count). The normalized spacial score (nSPS) is 20.9. The number of piperazine rings is 1. The fourth-order valence-electron chi connectivity index (χ4n) is 4.99. The molecule has 0 spiro atoms. The second-order valence-corrected chi connectivity index (χ2v) is 8.62. The molecule has 2 fully saturated rings. The van der Waals surface area contributed by atoms with Crippen LogP contribution in [-0.4, -0.2) is 55.4 Å². The lowest BCUT2D eigenvalue weighted by Crippen LogP contribution is -2.49. The van der Waals surface area contributed by atoms with Gasteiger partial charge in [0.1, 0.15) is 5.75 Å². The summed E-state index contributed by atoms with van der Waals surface area (Å²) in [6, 6.07) is 17.0. The van der Waals surface area contributed by atoms with Crippen LogP contribution in [0.2, 0.25) is 0 Å². The Hall–Kier alpha value is -1.88. The molecule has 1 atom stereocenters. The smallest absolute Gasteiger partial charge is 0.119 e. The van der Waals surface area contributed by atoms with Crippen LogP contribution in [0, 0.1) is 0 Å². The Morgan fingerprint density at radius 2 is 1.69 bits per heavy atom. The van der Waals surface area contributed by atoms with Crippen molar-refractivity contribution in [3.8, 4) is 16.9 Å². The predicted molar refractivity (Wildman–Crippen MR) is 119 cm³/mol. The molecular weight excluding hydrogens is 360 g/mol. The lowest BCUT2D eigenvalue weighted by Gasteiger charge is -2.42. The highest BCUT2D eigenvalue weighted by atomic mass is 16.5. The minimum atomic E-state index is -0.601. The van der Waals surface area contributed by atoms with Gasteiger partial charge in [-0.25, -0.2) is 0 Å². The Kier molecular flexibility index (Phi) is 6.53. The van der Waals surface area contributed by atoms with Crippen molar-refractivity contribution in [3.63, 3.8) is 0 Å². The van der Waals surface area contributed by atoms with Crippen molar-refractivity contribution >= 4 is 0 Å². The first-order valence-corrected chi connectivity index (χ1v) is 11.1. The first-order chi connectivity index (χ1) is 14.2. The molecule has 4 heteroatoms. The molecule has 2 aromatic rings. The van der Waals surface area contributed by atoms with Crippen LogP contribution in [0.3, 0.4) is 0 Å². The van der Waals surface area contributed by atoms with Gasteiger partial charge in [0.15, 0.2) is 0 Å². The first-order valence-electron chi connectivity index (χ1n) is 11.1. The second-order valence-electron chi connectivity index (χ2n) is 8.62. The van der Waals surface area contributed by atoms with E-state index in [4.69, 9.17) is 4.74 Å². The minimum absolute atomic E-state index is 0.145. The van der Waals surface area contributed by atoms with Crippen LogP contribution in [0.5, 0.6) is 5.75 Å². The van der Waals surface area contributed by atoms with Gasteiger partial charge in [-0.2, -0.15) is 0 Å². The topological polar surface area (TPSA) is 44.7 Å². The quantitative estimate of drug-likeness (QED) is 0.776. The third-order valence-electron chi connectivity index (χ3n) is 6.71. The summed E-state index contributed by atoms with van der Waals surface area (Å²) in [5.41, 5.74) is 3.00. The standard InChI is InChI=1S/C25H34N2O2/c1-29-23-10-6-8-21(18-23)20-7-5-9-22(17-20)24(19-27-15-13-26-14-16-27)25(28)11-3-2-4-12-25/h5-10,17-18,24,26,28H,2-4,11-16,19H2,1H3. The van der Waals surface area contributed by atoms with Crippen molar-refractivity contribution in [1.82, 2.24) is 10.2 Å². The molecular formula is C25H34N2O2. The zero-order valence-electron chi connectivity index (χ0n) is 17.6. The second kappa shape index (κ2) is 9.29. The van der Waals surface area contributed by atoms with Crippen molar-refractivity contribution < 1.29 is 9.84 Å². The molecule has 156 valence electrons. The summed E-state index contributed by atoms with van der Waals surface area (Å²) in [6.45, 7) is 5.12. The van der Waals surface area contributed by atoms with E-state index in [1.54, 1.807) is 7.11 Å². The largest absolute Gasteiger partial charge is 0.497 e. The number of methoxy groups -OCH3 is 1. The maximum atomic E-state index is 11.7. The molecule has 2 N–H and O–H groups in total. The van der Waals surface area contributed by atoms with Gasteiger partial charge in [-0.3, -0.25) is 0 Å². The number of nitrogens with one attached hydrogen (secondary N) is 1. The molecule has 0 amide bonds. The van der Waals surface area contributed by atoms with Crippen molar-refractivity contribution in [2.75, 3.05) is 39.8 Å². The van der Waals surface area contributed by atoms with E-state index in [-0.39, 0.29) is 5.92 Å². The lowest BCUT2D eigenvalue weighted by atomic mass is 9.72. The van der Waals surface area contributed by atoms with E-state index in [0.29, 0.717) is 0 Å². The van der Waals surface area contributed by atoms with Crippen LogP contribution in [-0.2, 0) is 0 Å². The number of aliphatic hydroxyl groups is 1. The number of hydrogen-bond donors (Lipinski definition) is 2. The minimum Gasteiger partial charge on any atom is -0.497 e. The Balaban J connectivity index is 1.66. The number of benzene rings is 2. The van der Waals surface area contributed by atoms with E-state index in [0.717, 1.165) is 69.7 Å². The third-order valence-corrected chi connectivity index (χ3v) is 6.71. The van der Waals surface area contributed by atoms with Crippen LogP contribution in [0.4, 0.5) is 0 Å². The van der Waals surface area contributed by atoms with E-state index in [2.05, 4.69) is 46.6 Å². The molecule has 29 heavy (non-hydrogen) atoms. The molecule has 1 unspecified atom stereocenters.